The van der Waals surface area contributed by atoms with Crippen LogP contribution >= 0.6 is 0 Å². The van der Waals surface area contributed by atoms with Crippen LogP contribution in [-0.4, -0.2) is 34.4 Å². The first-order valence-corrected chi connectivity index (χ1v) is 4.79. The Labute approximate surface area is 96.8 Å². The quantitative estimate of drug-likeness (QED) is 0.631. The molecule has 7 heteroatoms. The second-order valence-corrected chi connectivity index (χ2v) is 3.42. The van der Waals surface area contributed by atoms with Gasteiger partial charge in [-0.05, 0) is 0 Å². The van der Waals surface area contributed by atoms with Crippen LogP contribution in [0.2, 0.25) is 0 Å². The molecule has 0 aliphatic heterocycles. The molecular weight excluding hydrogens is 231 g/mol. The smallest absolute Gasteiger partial charge is 0.308 e. The van der Waals surface area contributed by atoms with Crippen molar-refractivity contribution in [2.45, 2.75) is 18.6 Å². The number of aliphatic hydroxyl groups is 2. The van der Waals surface area contributed by atoms with Gasteiger partial charge in [0.25, 0.3) is 0 Å². The Hall–Kier alpha value is -1.73. The molecule has 0 saturated heterocycles. The molecule has 94 valence electrons. The second kappa shape index (κ2) is 5.55. The van der Waals surface area contributed by atoms with Crippen LogP contribution in [0.5, 0.6) is 0 Å². The molecule has 0 spiro atoms. The van der Waals surface area contributed by atoms with Gasteiger partial charge in [-0.2, -0.15) is 0 Å². The first-order valence-electron chi connectivity index (χ1n) is 4.79. The van der Waals surface area contributed by atoms with E-state index in [1.54, 1.807) is 0 Å². The maximum atomic E-state index is 12.7. The normalized spacial score (nSPS) is 14.1. The van der Waals surface area contributed by atoms with Crippen molar-refractivity contribution in [2.24, 2.45) is 0 Å². The van der Waals surface area contributed by atoms with Gasteiger partial charge in [0.1, 0.15) is 11.9 Å². The van der Waals surface area contributed by atoms with Crippen molar-refractivity contribution in [3.05, 3.63) is 23.8 Å². The molecule has 1 aromatic heterocycles. The van der Waals surface area contributed by atoms with Gasteiger partial charge in [-0.15, -0.1) is 0 Å². The van der Waals surface area contributed by atoms with Gasteiger partial charge < -0.3 is 20.7 Å². The van der Waals surface area contributed by atoms with Gasteiger partial charge in [0, 0.05) is 6.07 Å². The van der Waals surface area contributed by atoms with E-state index in [1.165, 1.54) is 0 Å². The fourth-order valence-electron chi connectivity index (χ4n) is 1.26. The largest absolute Gasteiger partial charge is 0.469 e. The number of nitrogens with zero attached hydrogens (tertiary/aromatic N) is 1. The van der Waals surface area contributed by atoms with Crippen molar-refractivity contribution in [1.82, 2.24) is 4.98 Å². The number of ether oxygens (including phenoxy) is 1. The third kappa shape index (κ3) is 3.36. The Balaban J connectivity index is 2.81. The molecule has 1 aromatic rings. The number of methoxy groups -OCH3 is 1. The van der Waals surface area contributed by atoms with E-state index in [0.29, 0.717) is 0 Å². The number of carbonyl (C=O) groups excluding carboxylic acids is 1. The summed E-state index contributed by atoms with van der Waals surface area (Å²) in [6.45, 7) is 0. The highest BCUT2D eigenvalue weighted by Gasteiger charge is 2.24. The Bertz CT molecular complexity index is 413. The number of esters is 1. The fourth-order valence-corrected chi connectivity index (χ4v) is 1.26. The van der Waals surface area contributed by atoms with E-state index in [9.17, 15) is 19.4 Å². The lowest BCUT2D eigenvalue weighted by molar-refractivity contribution is -0.144. The SMILES string of the molecule is COC(=O)CC(O)C(O)c1ncc(F)cc1N. The number of aromatic nitrogens is 1. The van der Waals surface area contributed by atoms with E-state index in [-0.39, 0.29) is 11.4 Å². The summed E-state index contributed by atoms with van der Waals surface area (Å²) in [5, 5.41) is 19.2. The van der Waals surface area contributed by atoms with Gasteiger partial charge in [0.05, 0.1) is 37.2 Å². The van der Waals surface area contributed by atoms with E-state index >= 15 is 0 Å². The van der Waals surface area contributed by atoms with Gasteiger partial charge in [-0.1, -0.05) is 0 Å². The van der Waals surface area contributed by atoms with Gasteiger partial charge in [-0.25, -0.2) is 4.39 Å². The molecular formula is C10H13FN2O4. The van der Waals surface area contributed by atoms with Crippen molar-refractivity contribution < 1.29 is 24.1 Å². The zero-order valence-electron chi connectivity index (χ0n) is 9.13. The highest BCUT2D eigenvalue weighted by Crippen LogP contribution is 2.23. The Morgan fingerprint density at radius 1 is 1.65 bits per heavy atom. The average molecular weight is 244 g/mol. The molecule has 17 heavy (non-hydrogen) atoms. The Morgan fingerprint density at radius 3 is 2.82 bits per heavy atom. The van der Waals surface area contributed by atoms with Crippen molar-refractivity contribution >= 4 is 11.7 Å². The van der Waals surface area contributed by atoms with Crippen LogP contribution < -0.4 is 5.73 Å². The lowest BCUT2D eigenvalue weighted by Gasteiger charge is -2.17. The maximum Gasteiger partial charge on any atom is 0.308 e. The highest BCUT2D eigenvalue weighted by molar-refractivity contribution is 5.69. The molecule has 0 bridgehead atoms. The molecule has 2 unspecified atom stereocenters. The molecule has 0 fully saturated rings. The summed E-state index contributed by atoms with van der Waals surface area (Å²) >= 11 is 0. The molecule has 0 aliphatic carbocycles. The summed E-state index contributed by atoms with van der Waals surface area (Å²) in [7, 11) is 1.16. The first-order chi connectivity index (χ1) is 7.95. The molecule has 1 rings (SSSR count). The number of pyridine rings is 1. The molecule has 4 N–H and O–H groups in total. The van der Waals surface area contributed by atoms with Crippen molar-refractivity contribution in [3.63, 3.8) is 0 Å². The van der Waals surface area contributed by atoms with Gasteiger partial charge in [0.2, 0.25) is 0 Å². The van der Waals surface area contributed by atoms with Crippen LogP contribution in [0.1, 0.15) is 18.2 Å². The van der Waals surface area contributed by atoms with E-state index in [2.05, 4.69) is 9.72 Å². The number of nitrogen functional groups attached to an aromatic ring is 1. The van der Waals surface area contributed by atoms with Gasteiger partial charge >= 0.3 is 5.97 Å². The average Bonchev–Trinajstić information content (AvgIpc) is 2.28. The highest BCUT2D eigenvalue weighted by atomic mass is 19.1. The predicted octanol–water partition coefficient (Wildman–Crippen LogP) is -0.240. The number of anilines is 1. The fraction of sp³-hybridized carbons (Fsp3) is 0.400. The van der Waals surface area contributed by atoms with Crippen molar-refractivity contribution in [3.8, 4) is 0 Å². The Kier molecular flexibility index (Phi) is 4.36. The lowest BCUT2D eigenvalue weighted by Crippen LogP contribution is -2.24. The summed E-state index contributed by atoms with van der Waals surface area (Å²) in [5.74, 6) is -1.34. The van der Waals surface area contributed by atoms with Crippen LogP contribution in [0, 0.1) is 5.82 Å². The minimum Gasteiger partial charge on any atom is -0.469 e. The van der Waals surface area contributed by atoms with Crippen LogP contribution in [0.3, 0.4) is 0 Å². The first kappa shape index (κ1) is 13.3. The van der Waals surface area contributed by atoms with E-state index in [4.69, 9.17) is 5.73 Å². The number of nitrogens with two attached hydrogens (primary N) is 1. The summed E-state index contributed by atoms with van der Waals surface area (Å²) < 4.78 is 17.1. The number of hydrogen-bond acceptors (Lipinski definition) is 6. The number of hydrogen-bond donors (Lipinski definition) is 3. The topological polar surface area (TPSA) is 106 Å². The van der Waals surface area contributed by atoms with Gasteiger partial charge in [-0.3, -0.25) is 9.78 Å². The van der Waals surface area contributed by atoms with Crippen LogP contribution in [0.15, 0.2) is 12.3 Å². The summed E-state index contributed by atoms with van der Waals surface area (Å²) in [4.78, 5) is 14.5. The Morgan fingerprint density at radius 2 is 2.29 bits per heavy atom. The van der Waals surface area contributed by atoms with Crippen molar-refractivity contribution in [1.29, 1.82) is 0 Å². The molecule has 0 aliphatic rings. The van der Waals surface area contributed by atoms with Crippen molar-refractivity contribution in [2.75, 3.05) is 12.8 Å². The van der Waals surface area contributed by atoms with E-state index in [1.807, 2.05) is 0 Å². The van der Waals surface area contributed by atoms with E-state index in [0.717, 1.165) is 19.4 Å². The molecule has 0 aromatic carbocycles. The molecule has 0 amide bonds. The van der Waals surface area contributed by atoms with Crippen LogP contribution in [0.4, 0.5) is 10.1 Å². The molecule has 0 radical (unpaired) electrons. The number of carbonyl (C=O) groups is 1. The predicted molar refractivity (Wildman–Crippen MR) is 56.2 cm³/mol. The minimum absolute atomic E-state index is 0.0807. The zero-order chi connectivity index (χ0) is 13.0. The van der Waals surface area contributed by atoms with E-state index < -0.39 is 30.4 Å². The molecule has 6 nitrogen and oxygen atoms in total. The zero-order valence-corrected chi connectivity index (χ0v) is 9.13. The second-order valence-electron chi connectivity index (χ2n) is 3.42. The van der Waals surface area contributed by atoms with Crippen LogP contribution in [0.25, 0.3) is 0 Å². The number of halogens is 1. The summed E-state index contributed by atoms with van der Waals surface area (Å²) in [6, 6.07) is 0.969. The number of rotatable bonds is 4. The van der Waals surface area contributed by atoms with Gasteiger partial charge in [0.15, 0.2) is 0 Å². The third-order valence-corrected chi connectivity index (χ3v) is 2.16. The molecule has 1 heterocycles. The molecule has 2 atom stereocenters. The number of aliphatic hydroxyl groups excluding tert-OH is 2. The standard InChI is InChI=1S/C10H13FN2O4/c1-17-8(15)3-7(14)10(16)9-6(12)2-5(11)4-13-9/h2,4,7,10,14,16H,3,12H2,1H3. The summed E-state index contributed by atoms with van der Waals surface area (Å²) in [6.07, 6.45) is -2.44. The third-order valence-electron chi connectivity index (χ3n) is 2.16. The monoisotopic (exact) mass is 244 g/mol. The lowest BCUT2D eigenvalue weighted by atomic mass is 10.1. The maximum absolute atomic E-state index is 12.7. The van der Waals surface area contributed by atoms with Crippen LogP contribution in [-0.2, 0) is 9.53 Å². The molecule has 0 saturated carbocycles. The summed E-state index contributed by atoms with van der Waals surface area (Å²) in [5.41, 5.74) is 5.26. The minimum atomic E-state index is -1.48.